The van der Waals surface area contributed by atoms with E-state index in [-0.39, 0.29) is 23.8 Å². The van der Waals surface area contributed by atoms with Crippen molar-refractivity contribution in [2.24, 2.45) is 0 Å². The predicted molar refractivity (Wildman–Crippen MR) is 151 cm³/mol. The van der Waals surface area contributed by atoms with Crippen LogP contribution in [0.4, 0.5) is 5.69 Å². The van der Waals surface area contributed by atoms with Gasteiger partial charge in [-0.2, -0.15) is 0 Å². The Bertz CT molecular complexity index is 1440. The van der Waals surface area contributed by atoms with E-state index in [1.165, 1.54) is 11.3 Å². The zero-order valence-electron chi connectivity index (χ0n) is 20.7. The number of ether oxygens (including phenoxy) is 1. The molecule has 5 rings (SSSR count). The molecule has 7 heteroatoms. The molecule has 38 heavy (non-hydrogen) atoms. The Morgan fingerprint density at radius 3 is 1.89 bits per heavy atom. The maximum absolute atomic E-state index is 13.0. The van der Waals surface area contributed by atoms with Crippen LogP contribution in [-0.4, -0.2) is 43.7 Å². The molecule has 1 saturated heterocycles. The van der Waals surface area contributed by atoms with Gasteiger partial charge in [0.15, 0.2) is 17.3 Å². The molecule has 0 radical (unpaired) electrons. The van der Waals surface area contributed by atoms with E-state index in [2.05, 4.69) is 4.90 Å². The van der Waals surface area contributed by atoms with E-state index in [4.69, 9.17) is 16.3 Å². The molecule has 4 aromatic rings. The Morgan fingerprint density at radius 1 is 0.763 bits per heavy atom. The molecule has 2 heterocycles. The lowest BCUT2D eigenvalue weighted by atomic mass is 9.97. The maximum atomic E-state index is 13.0. The van der Waals surface area contributed by atoms with Crippen LogP contribution in [0.5, 0.6) is 0 Å². The normalized spacial score (nSPS) is 13.3. The fourth-order valence-corrected chi connectivity index (χ4v) is 5.42. The van der Waals surface area contributed by atoms with Gasteiger partial charge in [0, 0.05) is 42.6 Å². The van der Waals surface area contributed by atoms with Crippen LogP contribution in [0.1, 0.15) is 47.1 Å². The fraction of sp³-hybridized carbons (Fsp3) is 0.194. The number of rotatable bonds is 9. The molecule has 1 aliphatic rings. The smallest absolute Gasteiger partial charge is 0.193 e. The molecule has 192 valence electrons. The summed E-state index contributed by atoms with van der Waals surface area (Å²) in [6, 6.07) is 23.4. The first-order chi connectivity index (χ1) is 18.5. The Labute approximate surface area is 230 Å². The highest BCUT2D eigenvalue weighted by molar-refractivity contribution is 7.12. The van der Waals surface area contributed by atoms with Gasteiger partial charge in [0.2, 0.25) is 0 Å². The molecular weight excluding hydrogens is 518 g/mol. The number of halogens is 1. The fourth-order valence-electron chi connectivity index (χ4n) is 4.45. The van der Waals surface area contributed by atoms with E-state index in [1.54, 1.807) is 30.3 Å². The molecule has 0 bridgehead atoms. The Hall–Kier alpha value is -3.58. The maximum Gasteiger partial charge on any atom is 0.193 e. The molecule has 1 fully saturated rings. The third kappa shape index (κ3) is 6.10. The number of ketones is 3. The number of anilines is 1. The summed E-state index contributed by atoms with van der Waals surface area (Å²) < 4.78 is 5.40. The van der Waals surface area contributed by atoms with E-state index in [0.29, 0.717) is 41.3 Å². The second-order valence-corrected chi connectivity index (χ2v) is 10.5. The Balaban J connectivity index is 1.20. The molecule has 1 aliphatic heterocycles. The van der Waals surface area contributed by atoms with Gasteiger partial charge in [-0.3, -0.25) is 14.4 Å². The van der Waals surface area contributed by atoms with Crippen molar-refractivity contribution < 1.29 is 19.1 Å². The second-order valence-electron chi connectivity index (χ2n) is 9.17. The summed E-state index contributed by atoms with van der Waals surface area (Å²) in [6.45, 7) is 2.88. The van der Waals surface area contributed by atoms with Crippen LogP contribution >= 0.6 is 22.9 Å². The predicted octanol–water partition coefficient (Wildman–Crippen LogP) is 6.32. The van der Waals surface area contributed by atoms with E-state index >= 15 is 0 Å². The number of thiophene rings is 1. The van der Waals surface area contributed by atoms with Gasteiger partial charge in [-0.1, -0.05) is 66.2 Å². The Morgan fingerprint density at radius 2 is 1.34 bits per heavy atom. The lowest BCUT2D eigenvalue weighted by Gasteiger charge is -2.29. The van der Waals surface area contributed by atoms with Crippen molar-refractivity contribution in [3.05, 3.63) is 122 Å². The van der Waals surface area contributed by atoms with Crippen LogP contribution in [-0.2, 0) is 17.6 Å². The van der Waals surface area contributed by atoms with Crippen LogP contribution in [0.15, 0.2) is 84.2 Å². The van der Waals surface area contributed by atoms with Gasteiger partial charge < -0.3 is 9.64 Å². The van der Waals surface area contributed by atoms with Gasteiger partial charge in [0.25, 0.3) is 0 Å². The standard InChI is InChI=1S/C31H26ClNO4S/c32-26-20-25(11-12-27(26)33-13-15-37-16-14-33)28(34)18-21-3-7-23(8-4-21)31(36)24-9-5-22(6-10-24)19-29(35)30-2-1-17-38-30/h1-12,17,20H,13-16,18-19H2. The number of benzene rings is 3. The summed E-state index contributed by atoms with van der Waals surface area (Å²) in [5, 5.41) is 2.44. The largest absolute Gasteiger partial charge is 0.378 e. The van der Waals surface area contributed by atoms with E-state index in [1.807, 2.05) is 53.9 Å². The highest BCUT2D eigenvalue weighted by atomic mass is 35.5. The first kappa shape index (κ1) is 26.0. The molecule has 0 amide bonds. The van der Waals surface area contributed by atoms with Crippen LogP contribution in [0.25, 0.3) is 0 Å². The minimum absolute atomic E-state index is 0.0350. The molecule has 0 spiro atoms. The summed E-state index contributed by atoms with van der Waals surface area (Å²) in [5.74, 6) is -0.0730. The van der Waals surface area contributed by atoms with Crippen molar-refractivity contribution in [1.82, 2.24) is 0 Å². The van der Waals surface area contributed by atoms with Crippen molar-refractivity contribution in [2.45, 2.75) is 12.8 Å². The molecule has 0 aliphatic carbocycles. The number of carbonyl (C=O) groups excluding carboxylic acids is 3. The number of nitrogens with zero attached hydrogens (tertiary/aromatic N) is 1. The number of hydrogen-bond acceptors (Lipinski definition) is 6. The zero-order valence-corrected chi connectivity index (χ0v) is 22.3. The highest BCUT2D eigenvalue weighted by Crippen LogP contribution is 2.28. The minimum atomic E-state index is -0.107. The number of Topliss-reactive ketones (excluding diaryl/α,β-unsaturated/α-hetero) is 2. The van der Waals surface area contributed by atoms with Gasteiger partial charge >= 0.3 is 0 Å². The summed E-state index contributed by atoms with van der Waals surface area (Å²) in [5.41, 5.74) is 4.26. The number of carbonyl (C=O) groups is 3. The number of hydrogen-bond donors (Lipinski definition) is 0. The molecule has 0 N–H and O–H groups in total. The molecule has 0 unspecified atom stereocenters. The second kappa shape index (κ2) is 11.9. The number of morpholine rings is 1. The third-order valence-corrected chi connectivity index (χ3v) is 7.79. The van der Waals surface area contributed by atoms with E-state index < -0.39 is 0 Å². The van der Waals surface area contributed by atoms with Crippen molar-refractivity contribution in [3.63, 3.8) is 0 Å². The van der Waals surface area contributed by atoms with Gasteiger partial charge in [0.1, 0.15) is 0 Å². The van der Waals surface area contributed by atoms with E-state index in [9.17, 15) is 14.4 Å². The summed E-state index contributed by atoms with van der Waals surface area (Å²) in [4.78, 5) is 41.1. The van der Waals surface area contributed by atoms with Crippen molar-refractivity contribution in [3.8, 4) is 0 Å². The minimum Gasteiger partial charge on any atom is -0.378 e. The average Bonchev–Trinajstić information content (AvgIpc) is 3.49. The Kier molecular flexibility index (Phi) is 8.13. The molecule has 3 aromatic carbocycles. The lowest BCUT2D eigenvalue weighted by molar-refractivity contribution is 0.0986. The summed E-state index contributed by atoms with van der Waals surface area (Å²) in [6.07, 6.45) is 0.521. The first-order valence-electron chi connectivity index (χ1n) is 12.4. The first-order valence-corrected chi connectivity index (χ1v) is 13.7. The quantitative estimate of drug-likeness (QED) is 0.231. The monoisotopic (exact) mass is 543 g/mol. The van der Waals surface area contributed by atoms with Crippen LogP contribution in [0, 0.1) is 0 Å². The van der Waals surface area contributed by atoms with Crippen molar-refractivity contribution >= 4 is 46.0 Å². The van der Waals surface area contributed by atoms with Gasteiger partial charge in [0.05, 0.1) is 28.8 Å². The van der Waals surface area contributed by atoms with Crippen molar-refractivity contribution in [1.29, 1.82) is 0 Å². The molecule has 5 nitrogen and oxygen atoms in total. The molecular formula is C31H26ClNO4S. The van der Waals surface area contributed by atoms with Crippen LogP contribution < -0.4 is 4.90 Å². The molecule has 0 saturated carbocycles. The molecule has 0 atom stereocenters. The summed E-state index contributed by atoms with van der Waals surface area (Å²) in [7, 11) is 0. The van der Waals surface area contributed by atoms with Gasteiger partial charge in [-0.05, 0) is 40.8 Å². The average molecular weight is 544 g/mol. The third-order valence-electron chi connectivity index (χ3n) is 6.58. The van der Waals surface area contributed by atoms with Gasteiger partial charge in [-0.25, -0.2) is 0 Å². The SMILES string of the molecule is O=C(Cc1ccc(C(=O)c2ccc(CC(=O)c3cccs3)cc2)cc1)c1ccc(N2CCOCC2)c(Cl)c1. The van der Waals surface area contributed by atoms with Crippen molar-refractivity contribution in [2.75, 3.05) is 31.2 Å². The van der Waals surface area contributed by atoms with Gasteiger partial charge in [-0.15, -0.1) is 11.3 Å². The van der Waals surface area contributed by atoms with E-state index in [0.717, 1.165) is 34.8 Å². The topological polar surface area (TPSA) is 63.7 Å². The zero-order chi connectivity index (χ0) is 26.5. The summed E-state index contributed by atoms with van der Waals surface area (Å²) >= 11 is 7.92. The van der Waals surface area contributed by atoms with Crippen LogP contribution in [0.2, 0.25) is 5.02 Å². The van der Waals surface area contributed by atoms with Crippen LogP contribution in [0.3, 0.4) is 0 Å². The lowest BCUT2D eigenvalue weighted by Crippen LogP contribution is -2.36. The molecule has 1 aromatic heterocycles. The highest BCUT2D eigenvalue weighted by Gasteiger charge is 2.17.